The van der Waals surface area contributed by atoms with Crippen LogP contribution in [-0.2, 0) is 0 Å². The van der Waals surface area contributed by atoms with Crippen LogP contribution in [0.25, 0.3) is 11.1 Å². The van der Waals surface area contributed by atoms with Gasteiger partial charge in [0.15, 0.2) is 0 Å². The van der Waals surface area contributed by atoms with Crippen LogP contribution in [0.1, 0.15) is 11.1 Å². The Balaban J connectivity index is 2.57. The Morgan fingerprint density at radius 2 is 1.24 bits per heavy atom. The van der Waals surface area contributed by atoms with Gasteiger partial charge in [0, 0.05) is 5.56 Å². The lowest BCUT2D eigenvalue weighted by atomic mass is 10.0. The van der Waals surface area contributed by atoms with Crippen molar-refractivity contribution in [2.75, 3.05) is 0 Å². The maximum atomic E-state index is 13.4. The van der Waals surface area contributed by atoms with E-state index >= 15 is 0 Å². The molecule has 0 nitrogen and oxygen atoms in total. The summed E-state index contributed by atoms with van der Waals surface area (Å²) in [5.74, 6) is -1.63. The van der Waals surface area contributed by atoms with Gasteiger partial charge in [0.2, 0.25) is 0 Å². The molecule has 0 heterocycles. The Bertz CT molecular complexity index is 551. The molecule has 0 aromatic heterocycles. The number of hydrogen-bond acceptors (Lipinski definition) is 0. The van der Waals surface area contributed by atoms with Gasteiger partial charge < -0.3 is 0 Å². The van der Waals surface area contributed by atoms with E-state index in [1.54, 1.807) is 19.1 Å². The zero-order chi connectivity index (χ0) is 12.6. The van der Waals surface area contributed by atoms with E-state index in [2.05, 4.69) is 0 Å². The van der Waals surface area contributed by atoms with Gasteiger partial charge in [0.25, 0.3) is 0 Å². The average Bonchev–Trinajstić information content (AvgIpc) is 2.29. The standard InChI is InChI=1S/C14H11F3/c1-8-3-4-10(5-12(8)15)11-6-13(16)9(2)14(17)7-11/h3-7H,1-2H3. The molecule has 0 spiro atoms. The van der Waals surface area contributed by atoms with Crippen molar-refractivity contribution >= 4 is 0 Å². The second-order valence-corrected chi connectivity index (χ2v) is 4.03. The first-order chi connectivity index (χ1) is 7.99. The predicted molar refractivity (Wildman–Crippen MR) is 61.2 cm³/mol. The van der Waals surface area contributed by atoms with Crippen molar-refractivity contribution in [3.63, 3.8) is 0 Å². The van der Waals surface area contributed by atoms with Crippen molar-refractivity contribution in [1.29, 1.82) is 0 Å². The minimum atomic E-state index is -0.624. The molecule has 0 saturated carbocycles. The lowest BCUT2D eigenvalue weighted by molar-refractivity contribution is 0.569. The van der Waals surface area contributed by atoms with Crippen LogP contribution < -0.4 is 0 Å². The van der Waals surface area contributed by atoms with Crippen molar-refractivity contribution in [3.8, 4) is 11.1 Å². The monoisotopic (exact) mass is 236 g/mol. The van der Waals surface area contributed by atoms with Gasteiger partial charge in [-0.25, -0.2) is 13.2 Å². The zero-order valence-corrected chi connectivity index (χ0v) is 9.52. The number of rotatable bonds is 1. The zero-order valence-electron chi connectivity index (χ0n) is 9.52. The molecule has 88 valence electrons. The smallest absolute Gasteiger partial charge is 0.129 e. The van der Waals surface area contributed by atoms with E-state index in [1.807, 2.05) is 0 Å². The van der Waals surface area contributed by atoms with Crippen molar-refractivity contribution in [3.05, 3.63) is 58.9 Å². The highest BCUT2D eigenvalue weighted by Gasteiger charge is 2.09. The summed E-state index contributed by atoms with van der Waals surface area (Å²) in [6.45, 7) is 3.00. The first-order valence-corrected chi connectivity index (χ1v) is 5.21. The van der Waals surface area contributed by atoms with Gasteiger partial charge in [-0.3, -0.25) is 0 Å². The Morgan fingerprint density at radius 3 is 1.76 bits per heavy atom. The maximum absolute atomic E-state index is 13.4. The molecule has 0 amide bonds. The molecule has 0 unspecified atom stereocenters. The quantitative estimate of drug-likeness (QED) is 0.689. The van der Waals surface area contributed by atoms with Gasteiger partial charge in [-0.15, -0.1) is 0 Å². The van der Waals surface area contributed by atoms with Crippen LogP contribution in [0.2, 0.25) is 0 Å². The van der Waals surface area contributed by atoms with E-state index < -0.39 is 11.6 Å². The van der Waals surface area contributed by atoms with Gasteiger partial charge in [-0.1, -0.05) is 12.1 Å². The van der Waals surface area contributed by atoms with Crippen LogP contribution in [0.3, 0.4) is 0 Å². The van der Waals surface area contributed by atoms with E-state index in [0.717, 1.165) is 0 Å². The van der Waals surface area contributed by atoms with Crippen molar-refractivity contribution in [2.45, 2.75) is 13.8 Å². The largest absolute Gasteiger partial charge is 0.207 e. The second-order valence-electron chi connectivity index (χ2n) is 4.03. The molecule has 2 rings (SSSR count). The minimum Gasteiger partial charge on any atom is -0.207 e. The predicted octanol–water partition coefficient (Wildman–Crippen LogP) is 4.39. The molecular formula is C14H11F3. The number of aryl methyl sites for hydroxylation is 1. The lowest BCUT2D eigenvalue weighted by Crippen LogP contribution is -1.91. The molecule has 0 aliphatic rings. The van der Waals surface area contributed by atoms with Crippen molar-refractivity contribution in [2.24, 2.45) is 0 Å². The molecule has 0 atom stereocenters. The molecule has 17 heavy (non-hydrogen) atoms. The minimum absolute atomic E-state index is 0.0265. The molecule has 2 aromatic carbocycles. The van der Waals surface area contributed by atoms with Gasteiger partial charge in [-0.05, 0) is 48.7 Å². The van der Waals surface area contributed by atoms with Crippen LogP contribution in [0.15, 0.2) is 30.3 Å². The summed E-state index contributed by atoms with van der Waals surface area (Å²) in [5.41, 5.74) is 1.28. The normalized spacial score (nSPS) is 10.6. The van der Waals surface area contributed by atoms with Gasteiger partial charge >= 0.3 is 0 Å². The highest BCUT2D eigenvalue weighted by atomic mass is 19.1. The third-order valence-electron chi connectivity index (χ3n) is 2.79. The molecule has 0 N–H and O–H groups in total. The number of hydrogen-bond donors (Lipinski definition) is 0. The van der Waals surface area contributed by atoms with E-state index in [1.165, 1.54) is 25.1 Å². The van der Waals surface area contributed by atoms with Crippen molar-refractivity contribution < 1.29 is 13.2 Å². The van der Waals surface area contributed by atoms with E-state index in [0.29, 0.717) is 16.7 Å². The maximum Gasteiger partial charge on any atom is 0.129 e. The third-order valence-corrected chi connectivity index (χ3v) is 2.79. The fourth-order valence-electron chi connectivity index (χ4n) is 1.58. The SMILES string of the molecule is Cc1ccc(-c2cc(F)c(C)c(F)c2)cc1F. The summed E-state index contributed by atoms with van der Waals surface area (Å²) in [6, 6.07) is 6.92. The molecule has 2 aromatic rings. The topological polar surface area (TPSA) is 0 Å². The summed E-state index contributed by atoms with van der Waals surface area (Å²) < 4.78 is 40.1. The lowest BCUT2D eigenvalue weighted by Gasteiger charge is -2.06. The molecule has 0 aliphatic heterocycles. The number of halogens is 3. The Labute approximate surface area is 97.7 Å². The average molecular weight is 236 g/mol. The number of benzene rings is 2. The molecule has 0 radical (unpaired) electrons. The molecule has 0 bridgehead atoms. The highest BCUT2D eigenvalue weighted by Crippen LogP contribution is 2.25. The molecule has 0 saturated heterocycles. The fraction of sp³-hybridized carbons (Fsp3) is 0.143. The summed E-state index contributed by atoms with van der Waals surface area (Å²) in [6.07, 6.45) is 0. The summed E-state index contributed by atoms with van der Waals surface area (Å²) >= 11 is 0. The van der Waals surface area contributed by atoms with Gasteiger partial charge in [0.1, 0.15) is 17.5 Å². The Kier molecular flexibility index (Phi) is 2.92. The molecular weight excluding hydrogens is 225 g/mol. The van der Waals surface area contributed by atoms with Crippen LogP contribution in [0.4, 0.5) is 13.2 Å². The first kappa shape index (κ1) is 11.7. The Hall–Kier alpha value is -1.77. The van der Waals surface area contributed by atoms with E-state index in [9.17, 15) is 13.2 Å². The first-order valence-electron chi connectivity index (χ1n) is 5.21. The summed E-state index contributed by atoms with van der Waals surface area (Å²) in [7, 11) is 0. The van der Waals surface area contributed by atoms with Crippen molar-refractivity contribution in [1.82, 2.24) is 0 Å². The third kappa shape index (κ3) is 2.18. The van der Waals surface area contributed by atoms with Crippen LogP contribution in [0, 0.1) is 31.3 Å². The summed E-state index contributed by atoms with van der Waals surface area (Å²) in [4.78, 5) is 0. The second kappa shape index (κ2) is 4.24. The van der Waals surface area contributed by atoms with Crippen LogP contribution >= 0.6 is 0 Å². The van der Waals surface area contributed by atoms with E-state index in [-0.39, 0.29) is 11.4 Å². The summed E-state index contributed by atoms with van der Waals surface area (Å²) in [5, 5.41) is 0. The molecule has 0 fully saturated rings. The fourth-order valence-corrected chi connectivity index (χ4v) is 1.58. The van der Waals surface area contributed by atoms with Gasteiger partial charge in [-0.2, -0.15) is 0 Å². The highest BCUT2D eigenvalue weighted by molar-refractivity contribution is 5.64. The van der Waals surface area contributed by atoms with Gasteiger partial charge in [0.05, 0.1) is 0 Å². The van der Waals surface area contributed by atoms with E-state index in [4.69, 9.17) is 0 Å². The Morgan fingerprint density at radius 1 is 0.706 bits per heavy atom. The van der Waals surface area contributed by atoms with Crippen LogP contribution in [-0.4, -0.2) is 0 Å². The molecule has 3 heteroatoms. The molecule has 0 aliphatic carbocycles. The van der Waals surface area contributed by atoms with Crippen LogP contribution in [0.5, 0.6) is 0 Å².